The van der Waals surface area contributed by atoms with Crippen LogP contribution in [0.3, 0.4) is 0 Å². The SMILES string of the molecule is COC(=O)C(C(C)C)N(C)CCN(C)C(C(=O)OC)C(C)C. The van der Waals surface area contributed by atoms with Crippen molar-refractivity contribution < 1.29 is 19.1 Å². The number of likely N-dealkylation sites (N-methyl/N-ethyl adjacent to an activating group) is 2. The van der Waals surface area contributed by atoms with E-state index in [-0.39, 0.29) is 35.9 Å². The Balaban J connectivity index is 4.75. The van der Waals surface area contributed by atoms with Gasteiger partial charge in [0.15, 0.2) is 0 Å². The molecule has 130 valence electrons. The van der Waals surface area contributed by atoms with Crippen molar-refractivity contribution >= 4 is 11.9 Å². The molecule has 2 unspecified atom stereocenters. The van der Waals surface area contributed by atoms with Crippen molar-refractivity contribution in [3.8, 4) is 0 Å². The largest absolute Gasteiger partial charge is 0.468 e. The molecule has 0 spiro atoms. The quantitative estimate of drug-likeness (QED) is 0.597. The van der Waals surface area contributed by atoms with E-state index in [1.54, 1.807) is 0 Å². The van der Waals surface area contributed by atoms with Gasteiger partial charge in [-0.1, -0.05) is 27.7 Å². The molecule has 0 fully saturated rings. The third-order valence-corrected chi connectivity index (χ3v) is 3.90. The lowest BCUT2D eigenvalue weighted by Crippen LogP contribution is -2.49. The zero-order chi connectivity index (χ0) is 17.4. The maximum absolute atomic E-state index is 11.9. The smallest absolute Gasteiger partial charge is 0.323 e. The summed E-state index contributed by atoms with van der Waals surface area (Å²) >= 11 is 0. The van der Waals surface area contributed by atoms with Gasteiger partial charge in [-0.05, 0) is 25.9 Å². The van der Waals surface area contributed by atoms with Gasteiger partial charge >= 0.3 is 11.9 Å². The molecule has 22 heavy (non-hydrogen) atoms. The molecule has 2 atom stereocenters. The summed E-state index contributed by atoms with van der Waals surface area (Å²) in [5, 5.41) is 0. The molecule has 0 aliphatic rings. The fourth-order valence-corrected chi connectivity index (χ4v) is 2.76. The highest BCUT2D eigenvalue weighted by molar-refractivity contribution is 5.76. The van der Waals surface area contributed by atoms with Crippen LogP contribution in [0.25, 0.3) is 0 Å². The summed E-state index contributed by atoms with van der Waals surface area (Å²) in [4.78, 5) is 27.7. The van der Waals surface area contributed by atoms with Gasteiger partial charge in [0.2, 0.25) is 0 Å². The second-order valence-corrected chi connectivity index (χ2v) is 6.39. The molecule has 0 heterocycles. The van der Waals surface area contributed by atoms with Crippen molar-refractivity contribution in [2.75, 3.05) is 41.4 Å². The van der Waals surface area contributed by atoms with Gasteiger partial charge in [0, 0.05) is 13.1 Å². The van der Waals surface area contributed by atoms with Crippen molar-refractivity contribution in [1.82, 2.24) is 9.80 Å². The molecular formula is C16H32N2O4. The van der Waals surface area contributed by atoms with Crippen molar-refractivity contribution in [3.05, 3.63) is 0 Å². The minimum atomic E-state index is -0.283. The van der Waals surface area contributed by atoms with Crippen LogP contribution in [0.4, 0.5) is 0 Å². The number of ether oxygens (including phenoxy) is 2. The van der Waals surface area contributed by atoms with Gasteiger partial charge < -0.3 is 9.47 Å². The van der Waals surface area contributed by atoms with Gasteiger partial charge in [0.25, 0.3) is 0 Å². The molecule has 0 saturated heterocycles. The van der Waals surface area contributed by atoms with Gasteiger partial charge in [0.05, 0.1) is 14.2 Å². The predicted octanol–water partition coefficient (Wildman–Crippen LogP) is 1.25. The fraction of sp³-hybridized carbons (Fsp3) is 0.875. The van der Waals surface area contributed by atoms with Crippen LogP contribution >= 0.6 is 0 Å². The first kappa shape index (κ1) is 20.9. The summed E-state index contributed by atoms with van der Waals surface area (Å²) in [5.41, 5.74) is 0. The molecule has 0 saturated carbocycles. The van der Waals surface area contributed by atoms with Crippen LogP contribution in [-0.4, -0.2) is 75.2 Å². The molecule has 0 aromatic carbocycles. The Morgan fingerprint density at radius 2 is 1.05 bits per heavy atom. The monoisotopic (exact) mass is 316 g/mol. The van der Waals surface area contributed by atoms with Crippen LogP contribution in [0.1, 0.15) is 27.7 Å². The Labute approximate surface area is 134 Å². The third-order valence-electron chi connectivity index (χ3n) is 3.90. The van der Waals surface area contributed by atoms with E-state index in [1.165, 1.54) is 14.2 Å². The van der Waals surface area contributed by atoms with Crippen molar-refractivity contribution in [2.24, 2.45) is 11.8 Å². The molecule has 0 bridgehead atoms. The summed E-state index contributed by atoms with van der Waals surface area (Å²) in [6, 6.07) is -0.567. The highest BCUT2D eigenvalue weighted by atomic mass is 16.5. The predicted molar refractivity (Wildman–Crippen MR) is 86.5 cm³/mol. The summed E-state index contributed by atoms with van der Waals surface area (Å²) in [7, 11) is 6.61. The first-order chi connectivity index (χ1) is 10.2. The van der Waals surface area contributed by atoms with Gasteiger partial charge in [-0.25, -0.2) is 0 Å². The number of carbonyl (C=O) groups is 2. The van der Waals surface area contributed by atoms with E-state index in [4.69, 9.17) is 9.47 Å². The summed E-state index contributed by atoms with van der Waals surface area (Å²) in [6.07, 6.45) is 0. The Bertz CT molecular complexity index is 324. The Morgan fingerprint density at radius 1 is 0.773 bits per heavy atom. The van der Waals surface area contributed by atoms with Crippen LogP contribution in [0.2, 0.25) is 0 Å². The van der Waals surface area contributed by atoms with Crippen LogP contribution in [0, 0.1) is 11.8 Å². The fourth-order valence-electron chi connectivity index (χ4n) is 2.76. The second kappa shape index (κ2) is 9.79. The highest BCUT2D eigenvalue weighted by Gasteiger charge is 2.30. The topological polar surface area (TPSA) is 59.1 Å². The minimum absolute atomic E-state index is 0.157. The van der Waals surface area contributed by atoms with E-state index in [0.717, 1.165) is 0 Å². The summed E-state index contributed by atoms with van der Waals surface area (Å²) in [6.45, 7) is 9.30. The van der Waals surface area contributed by atoms with Crippen LogP contribution in [-0.2, 0) is 19.1 Å². The molecule has 0 aliphatic carbocycles. The second-order valence-electron chi connectivity index (χ2n) is 6.39. The van der Waals surface area contributed by atoms with E-state index in [9.17, 15) is 9.59 Å². The average molecular weight is 316 g/mol. The van der Waals surface area contributed by atoms with Crippen molar-refractivity contribution in [1.29, 1.82) is 0 Å². The van der Waals surface area contributed by atoms with Crippen molar-refractivity contribution in [3.63, 3.8) is 0 Å². The molecule has 6 nitrogen and oxygen atoms in total. The molecular weight excluding hydrogens is 284 g/mol. The third kappa shape index (κ3) is 5.93. The lowest BCUT2D eigenvalue weighted by Gasteiger charge is -2.33. The van der Waals surface area contributed by atoms with Gasteiger partial charge in [0.1, 0.15) is 12.1 Å². The normalized spacial score (nSPS) is 14.5. The maximum Gasteiger partial charge on any atom is 0.323 e. The first-order valence-electron chi connectivity index (χ1n) is 7.73. The lowest BCUT2D eigenvalue weighted by molar-refractivity contribution is -0.150. The Morgan fingerprint density at radius 3 is 1.23 bits per heavy atom. The highest BCUT2D eigenvalue weighted by Crippen LogP contribution is 2.13. The number of methoxy groups -OCH3 is 2. The zero-order valence-electron chi connectivity index (χ0n) is 15.3. The molecule has 0 aliphatic heterocycles. The number of nitrogens with zero attached hydrogens (tertiary/aromatic N) is 2. The van der Waals surface area contributed by atoms with E-state index >= 15 is 0 Å². The Kier molecular flexibility index (Phi) is 9.28. The van der Waals surface area contributed by atoms with Crippen LogP contribution < -0.4 is 0 Å². The van der Waals surface area contributed by atoms with Gasteiger partial charge in [-0.3, -0.25) is 19.4 Å². The molecule has 0 rings (SSSR count). The minimum Gasteiger partial charge on any atom is -0.468 e. The number of esters is 2. The number of hydrogen-bond donors (Lipinski definition) is 0. The summed E-state index contributed by atoms with van der Waals surface area (Å²) < 4.78 is 9.75. The molecule has 0 aromatic heterocycles. The lowest BCUT2D eigenvalue weighted by atomic mass is 10.0. The van der Waals surface area contributed by atoms with Gasteiger partial charge in [-0.15, -0.1) is 0 Å². The maximum atomic E-state index is 11.9. The van der Waals surface area contributed by atoms with E-state index in [1.807, 2.05) is 51.6 Å². The molecule has 0 radical (unpaired) electrons. The standard InChI is InChI=1S/C16H32N2O4/c1-11(2)13(15(19)21-7)17(5)9-10-18(6)14(12(3)4)16(20)22-8/h11-14H,9-10H2,1-8H3. The zero-order valence-corrected chi connectivity index (χ0v) is 15.3. The van der Waals surface area contributed by atoms with E-state index in [2.05, 4.69) is 0 Å². The summed E-state index contributed by atoms with van der Waals surface area (Å²) in [5.74, 6) is -0.143. The molecule has 0 aromatic rings. The number of hydrogen-bond acceptors (Lipinski definition) is 6. The van der Waals surface area contributed by atoms with Crippen molar-refractivity contribution in [2.45, 2.75) is 39.8 Å². The number of rotatable bonds is 9. The molecule has 0 N–H and O–H groups in total. The van der Waals surface area contributed by atoms with Crippen LogP contribution in [0.15, 0.2) is 0 Å². The average Bonchev–Trinajstić information content (AvgIpc) is 2.44. The molecule has 6 heteroatoms. The van der Waals surface area contributed by atoms with Crippen LogP contribution in [0.5, 0.6) is 0 Å². The number of carbonyl (C=O) groups excluding carboxylic acids is 2. The van der Waals surface area contributed by atoms with E-state index in [0.29, 0.717) is 13.1 Å². The molecule has 0 amide bonds. The Hall–Kier alpha value is -1.14. The van der Waals surface area contributed by atoms with E-state index < -0.39 is 0 Å². The van der Waals surface area contributed by atoms with Gasteiger partial charge in [-0.2, -0.15) is 0 Å². The first-order valence-corrected chi connectivity index (χ1v) is 7.73.